The molecule has 0 amide bonds. The second-order valence-electron chi connectivity index (χ2n) is 4.59. The van der Waals surface area contributed by atoms with Gasteiger partial charge in [0, 0.05) is 0 Å². The van der Waals surface area contributed by atoms with Crippen LogP contribution in [0.15, 0.2) is 0 Å². The first kappa shape index (κ1) is 16.9. The molecule has 0 spiro atoms. The van der Waals surface area contributed by atoms with Crippen LogP contribution in [0, 0.1) is 0 Å². The number of aliphatic hydroxyl groups is 1. The molecule has 104 valence electrons. The monoisotopic (exact) mass is 266 g/mol. The molecule has 0 aliphatic carbocycles. The van der Waals surface area contributed by atoms with Crippen molar-refractivity contribution in [2.24, 2.45) is 0 Å². The lowest BCUT2D eigenvalue weighted by atomic mass is 10.1. The molecule has 0 bridgehead atoms. The van der Waals surface area contributed by atoms with Gasteiger partial charge >= 0.3 is 0 Å². The summed E-state index contributed by atoms with van der Waals surface area (Å²) < 4.78 is 29.5. The van der Waals surface area contributed by atoms with Crippen LogP contribution in [0.2, 0.25) is 0 Å². The molecule has 0 heterocycles. The zero-order valence-corrected chi connectivity index (χ0v) is 11.6. The average molecular weight is 266 g/mol. The van der Waals surface area contributed by atoms with Gasteiger partial charge in [-0.15, -0.1) is 0 Å². The third-order valence-electron chi connectivity index (χ3n) is 2.90. The van der Waals surface area contributed by atoms with Gasteiger partial charge in [0.25, 0.3) is 10.1 Å². The van der Waals surface area contributed by atoms with E-state index in [0.29, 0.717) is 6.42 Å². The van der Waals surface area contributed by atoms with Crippen LogP contribution in [0.1, 0.15) is 71.1 Å². The van der Waals surface area contributed by atoms with Crippen LogP contribution in [-0.2, 0) is 10.1 Å². The Morgan fingerprint density at radius 3 is 1.71 bits per heavy atom. The molecule has 1 atom stereocenters. The number of rotatable bonds is 11. The van der Waals surface area contributed by atoms with E-state index in [2.05, 4.69) is 6.92 Å². The number of hydrogen-bond acceptors (Lipinski definition) is 3. The number of aliphatic hydroxyl groups excluding tert-OH is 1. The summed E-state index contributed by atoms with van der Waals surface area (Å²) in [6.07, 6.45) is 10.3. The highest BCUT2D eigenvalue weighted by Gasteiger charge is 2.18. The van der Waals surface area contributed by atoms with Gasteiger partial charge in [-0.05, 0) is 12.8 Å². The lowest BCUT2D eigenvalue weighted by Crippen LogP contribution is -2.19. The van der Waals surface area contributed by atoms with Crippen molar-refractivity contribution in [1.29, 1.82) is 0 Å². The van der Waals surface area contributed by atoms with Crippen LogP contribution >= 0.6 is 0 Å². The third kappa shape index (κ3) is 10.7. The minimum Gasteiger partial charge on any atom is -0.375 e. The molecule has 4 nitrogen and oxygen atoms in total. The molecule has 0 unspecified atom stereocenters. The Kier molecular flexibility index (Phi) is 9.78. The Morgan fingerprint density at radius 1 is 0.882 bits per heavy atom. The average Bonchev–Trinajstić information content (AvgIpc) is 2.25. The fourth-order valence-electron chi connectivity index (χ4n) is 1.78. The molecule has 0 fully saturated rings. The summed E-state index contributed by atoms with van der Waals surface area (Å²) in [7, 11) is -4.25. The fourth-order valence-corrected chi connectivity index (χ4v) is 2.24. The maximum absolute atomic E-state index is 10.5. The van der Waals surface area contributed by atoms with Crippen molar-refractivity contribution in [3.05, 3.63) is 0 Å². The lowest BCUT2D eigenvalue weighted by molar-refractivity contribution is 0.219. The molecule has 0 aliphatic rings. The van der Waals surface area contributed by atoms with Crippen molar-refractivity contribution in [2.75, 3.05) is 0 Å². The molecular weight excluding hydrogens is 240 g/mol. The second-order valence-corrected chi connectivity index (χ2v) is 6.16. The molecule has 2 N–H and O–H groups in total. The van der Waals surface area contributed by atoms with Crippen LogP contribution in [0.5, 0.6) is 0 Å². The molecule has 0 aromatic carbocycles. The zero-order chi connectivity index (χ0) is 13.1. The predicted molar refractivity (Wildman–Crippen MR) is 69.4 cm³/mol. The summed E-state index contributed by atoms with van der Waals surface area (Å²) in [6.45, 7) is 2.19. The van der Waals surface area contributed by atoms with E-state index in [1.807, 2.05) is 0 Å². The van der Waals surface area contributed by atoms with Gasteiger partial charge in [-0.25, -0.2) is 0 Å². The standard InChI is InChI=1S/C12H26O4S/c1-2-3-4-5-6-7-8-9-10-11-12(13)17(14,15)16/h12-13H,2-11H2,1H3,(H,14,15,16)/t12-/m1/s1. The van der Waals surface area contributed by atoms with Gasteiger partial charge in [0.05, 0.1) is 0 Å². The van der Waals surface area contributed by atoms with E-state index >= 15 is 0 Å². The van der Waals surface area contributed by atoms with E-state index in [1.54, 1.807) is 0 Å². The Bertz CT molecular complexity index is 262. The van der Waals surface area contributed by atoms with Crippen LogP contribution < -0.4 is 0 Å². The summed E-state index contributed by atoms with van der Waals surface area (Å²) >= 11 is 0. The number of unbranched alkanes of at least 4 members (excludes halogenated alkanes) is 8. The smallest absolute Gasteiger partial charge is 0.291 e. The number of hydrogen-bond donors (Lipinski definition) is 2. The molecule has 0 radical (unpaired) electrons. The van der Waals surface area contributed by atoms with Gasteiger partial charge in [-0.2, -0.15) is 8.42 Å². The van der Waals surface area contributed by atoms with Crippen molar-refractivity contribution in [3.8, 4) is 0 Å². The Morgan fingerprint density at radius 2 is 1.29 bits per heavy atom. The Hall–Kier alpha value is -0.130. The maximum Gasteiger partial charge on any atom is 0.291 e. The highest BCUT2D eigenvalue weighted by Crippen LogP contribution is 2.12. The summed E-state index contributed by atoms with van der Waals surface area (Å²) in [5.74, 6) is 0. The summed E-state index contributed by atoms with van der Waals surface area (Å²) in [5.41, 5.74) is -1.60. The first-order chi connectivity index (χ1) is 7.98. The normalized spacial score (nSPS) is 13.8. The SMILES string of the molecule is CCCCCCCCCCC[C@H](O)S(=O)(=O)O. The molecule has 0 rings (SSSR count). The minimum atomic E-state index is -4.25. The molecular formula is C12H26O4S. The molecule has 5 heteroatoms. The van der Waals surface area contributed by atoms with Gasteiger partial charge in [-0.1, -0.05) is 58.3 Å². The molecule has 0 aromatic heterocycles. The summed E-state index contributed by atoms with van der Waals surface area (Å²) in [6, 6.07) is 0. The summed E-state index contributed by atoms with van der Waals surface area (Å²) in [5, 5.41) is 9.05. The van der Waals surface area contributed by atoms with Crippen molar-refractivity contribution >= 4 is 10.1 Å². The van der Waals surface area contributed by atoms with Gasteiger partial charge in [0.1, 0.15) is 0 Å². The third-order valence-corrected chi connectivity index (χ3v) is 3.82. The van der Waals surface area contributed by atoms with Gasteiger partial charge in [0.2, 0.25) is 0 Å². The Labute approximate surface area is 105 Å². The van der Waals surface area contributed by atoms with E-state index in [-0.39, 0.29) is 6.42 Å². The van der Waals surface area contributed by atoms with E-state index in [0.717, 1.165) is 12.8 Å². The topological polar surface area (TPSA) is 74.6 Å². The highest BCUT2D eigenvalue weighted by molar-refractivity contribution is 7.86. The molecule has 0 saturated heterocycles. The quantitative estimate of drug-likeness (QED) is 0.445. The van der Waals surface area contributed by atoms with Gasteiger partial charge in [-0.3, -0.25) is 4.55 Å². The van der Waals surface area contributed by atoms with E-state index in [9.17, 15) is 8.42 Å². The zero-order valence-electron chi connectivity index (χ0n) is 10.8. The Balaban J connectivity index is 3.24. The highest BCUT2D eigenvalue weighted by atomic mass is 32.2. The van der Waals surface area contributed by atoms with Crippen LogP contribution in [0.4, 0.5) is 0 Å². The largest absolute Gasteiger partial charge is 0.375 e. The van der Waals surface area contributed by atoms with Crippen molar-refractivity contribution in [3.63, 3.8) is 0 Å². The van der Waals surface area contributed by atoms with E-state index in [1.165, 1.54) is 38.5 Å². The second kappa shape index (κ2) is 9.85. The van der Waals surface area contributed by atoms with Crippen LogP contribution in [0.3, 0.4) is 0 Å². The lowest BCUT2D eigenvalue weighted by Gasteiger charge is -2.06. The van der Waals surface area contributed by atoms with Crippen LogP contribution in [0.25, 0.3) is 0 Å². The van der Waals surface area contributed by atoms with Crippen LogP contribution in [-0.4, -0.2) is 23.5 Å². The summed E-state index contributed by atoms with van der Waals surface area (Å²) in [4.78, 5) is 0. The molecule has 0 saturated carbocycles. The minimum absolute atomic E-state index is 0.134. The first-order valence-electron chi connectivity index (χ1n) is 6.63. The predicted octanol–water partition coefficient (Wildman–Crippen LogP) is 3.11. The van der Waals surface area contributed by atoms with Crippen molar-refractivity contribution in [1.82, 2.24) is 0 Å². The molecule has 0 aliphatic heterocycles. The van der Waals surface area contributed by atoms with E-state index < -0.39 is 15.6 Å². The van der Waals surface area contributed by atoms with Gasteiger partial charge in [0.15, 0.2) is 5.44 Å². The first-order valence-corrected chi connectivity index (χ1v) is 8.13. The van der Waals surface area contributed by atoms with Crippen molar-refractivity contribution < 1.29 is 18.1 Å². The van der Waals surface area contributed by atoms with E-state index in [4.69, 9.17) is 9.66 Å². The molecule has 0 aromatic rings. The fraction of sp³-hybridized carbons (Fsp3) is 1.00. The maximum atomic E-state index is 10.5. The molecule has 17 heavy (non-hydrogen) atoms. The van der Waals surface area contributed by atoms with Crippen molar-refractivity contribution in [2.45, 2.75) is 76.6 Å². The van der Waals surface area contributed by atoms with Gasteiger partial charge < -0.3 is 5.11 Å².